The fourth-order valence-electron chi connectivity index (χ4n) is 4.04. The molecule has 0 spiro atoms. The molecule has 0 unspecified atom stereocenters. The van der Waals surface area contributed by atoms with Crippen LogP contribution in [-0.4, -0.2) is 42.1 Å². The quantitative estimate of drug-likeness (QED) is 0.419. The van der Waals surface area contributed by atoms with Crippen LogP contribution in [0.15, 0.2) is 72.8 Å². The average Bonchev–Trinajstić information content (AvgIpc) is 2.89. The predicted octanol–water partition coefficient (Wildman–Crippen LogP) is 3.24. The van der Waals surface area contributed by atoms with Crippen molar-refractivity contribution in [1.29, 1.82) is 0 Å². The number of nitrogens with one attached hydrogen (secondary N) is 2. The zero-order valence-electron chi connectivity index (χ0n) is 19.9. The van der Waals surface area contributed by atoms with Crippen molar-refractivity contribution in [2.75, 3.05) is 13.2 Å². The lowest BCUT2D eigenvalue weighted by atomic mass is 9.97. The summed E-state index contributed by atoms with van der Waals surface area (Å²) in [5.74, 6) is -1.46. The Morgan fingerprint density at radius 1 is 1.06 bits per heavy atom. The van der Waals surface area contributed by atoms with Gasteiger partial charge in [-0.1, -0.05) is 72.8 Å². The molecule has 0 aliphatic carbocycles. The summed E-state index contributed by atoms with van der Waals surface area (Å²) in [6.07, 6.45) is 6.39. The van der Waals surface area contributed by atoms with E-state index in [1.807, 2.05) is 72.8 Å². The van der Waals surface area contributed by atoms with Crippen molar-refractivity contribution in [3.05, 3.63) is 83.9 Å². The Labute approximate surface area is 206 Å². The van der Waals surface area contributed by atoms with E-state index in [-0.39, 0.29) is 37.4 Å². The fourth-order valence-corrected chi connectivity index (χ4v) is 4.04. The number of amides is 2. The van der Waals surface area contributed by atoms with E-state index >= 15 is 0 Å². The molecule has 1 aliphatic heterocycles. The lowest BCUT2D eigenvalue weighted by molar-refractivity contribution is -0.145. The SMILES string of the molecule is O=C(C[C@H]1CC=CCCCC(=O)OC[C@H](c2ccccc2)NC1=O)N[C@H](CO)Cc1ccccc1. The number of hydrogen-bond donors (Lipinski definition) is 3. The fraction of sp³-hybridized carbons (Fsp3) is 0.393. The molecule has 2 aromatic rings. The van der Waals surface area contributed by atoms with Crippen LogP contribution in [0.1, 0.15) is 49.3 Å². The lowest BCUT2D eigenvalue weighted by Crippen LogP contribution is -2.42. The highest BCUT2D eigenvalue weighted by Gasteiger charge is 2.26. The van der Waals surface area contributed by atoms with E-state index in [0.29, 0.717) is 32.1 Å². The third-order valence-electron chi connectivity index (χ3n) is 5.98. The Bertz CT molecular complexity index is 977. The van der Waals surface area contributed by atoms with E-state index in [9.17, 15) is 19.5 Å². The van der Waals surface area contributed by atoms with Gasteiger partial charge in [-0.3, -0.25) is 14.4 Å². The molecule has 3 atom stereocenters. The van der Waals surface area contributed by atoms with Gasteiger partial charge in [0.25, 0.3) is 0 Å². The summed E-state index contributed by atoms with van der Waals surface area (Å²) in [7, 11) is 0. The Morgan fingerprint density at radius 3 is 2.49 bits per heavy atom. The number of rotatable bonds is 7. The smallest absolute Gasteiger partial charge is 0.305 e. The van der Waals surface area contributed by atoms with Crippen LogP contribution in [0.4, 0.5) is 0 Å². The van der Waals surface area contributed by atoms with Gasteiger partial charge >= 0.3 is 5.97 Å². The van der Waals surface area contributed by atoms with Gasteiger partial charge in [0.15, 0.2) is 0 Å². The number of aliphatic hydroxyl groups excluding tert-OH is 1. The highest BCUT2D eigenvalue weighted by atomic mass is 16.5. The number of carbonyl (C=O) groups is 3. The first-order chi connectivity index (χ1) is 17.0. The zero-order valence-corrected chi connectivity index (χ0v) is 19.9. The first-order valence-corrected chi connectivity index (χ1v) is 12.1. The maximum atomic E-state index is 13.2. The second-order valence-corrected chi connectivity index (χ2v) is 8.79. The van der Waals surface area contributed by atoms with E-state index in [4.69, 9.17) is 4.74 Å². The normalized spacial score (nSPS) is 20.4. The predicted molar refractivity (Wildman–Crippen MR) is 133 cm³/mol. The second kappa shape index (κ2) is 14.1. The molecule has 35 heavy (non-hydrogen) atoms. The number of benzene rings is 2. The Balaban J connectivity index is 1.69. The molecule has 2 aromatic carbocycles. The van der Waals surface area contributed by atoms with Gasteiger partial charge in [0.1, 0.15) is 6.61 Å². The lowest BCUT2D eigenvalue weighted by Gasteiger charge is -2.23. The molecule has 1 aliphatic rings. The van der Waals surface area contributed by atoms with E-state index < -0.39 is 18.0 Å². The van der Waals surface area contributed by atoms with Crippen LogP contribution in [0.3, 0.4) is 0 Å². The largest absolute Gasteiger partial charge is 0.463 e. The second-order valence-electron chi connectivity index (χ2n) is 8.79. The molecule has 186 valence electrons. The average molecular weight is 479 g/mol. The molecular weight excluding hydrogens is 444 g/mol. The van der Waals surface area contributed by atoms with Crippen LogP contribution < -0.4 is 10.6 Å². The van der Waals surface area contributed by atoms with Crippen LogP contribution >= 0.6 is 0 Å². The van der Waals surface area contributed by atoms with Crippen molar-refractivity contribution in [1.82, 2.24) is 10.6 Å². The number of hydrogen-bond acceptors (Lipinski definition) is 5. The molecule has 7 nitrogen and oxygen atoms in total. The van der Waals surface area contributed by atoms with E-state index in [1.54, 1.807) is 0 Å². The van der Waals surface area contributed by atoms with Gasteiger partial charge in [-0.2, -0.15) is 0 Å². The molecule has 0 saturated heterocycles. The molecule has 0 radical (unpaired) electrons. The third-order valence-corrected chi connectivity index (χ3v) is 5.98. The van der Waals surface area contributed by atoms with Crippen molar-refractivity contribution in [3.63, 3.8) is 0 Å². The molecule has 0 fully saturated rings. The van der Waals surface area contributed by atoms with Crippen molar-refractivity contribution in [3.8, 4) is 0 Å². The van der Waals surface area contributed by atoms with Crippen LogP contribution in [0.2, 0.25) is 0 Å². The Hall–Kier alpha value is -3.45. The van der Waals surface area contributed by atoms with Crippen LogP contribution in [0.5, 0.6) is 0 Å². The van der Waals surface area contributed by atoms with Crippen molar-refractivity contribution in [2.45, 2.75) is 50.6 Å². The molecule has 3 rings (SSSR count). The molecule has 2 amide bonds. The molecule has 0 aromatic heterocycles. The van der Waals surface area contributed by atoms with Gasteiger partial charge < -0.3 is 20.5 Å². The van der Waals surface area contributed by atoms with Crippen molar-refractivity contribution < 1.29 is 24.2 Å². The van der Waals surface area contributed by atoms with Crippen LogP contribution in [0, 0.1) is 5.92 Å². The number of cyclic esters (lactones) is 1. The van der Waals surface area contributed by atoms with Gasteiger partial charge in [0.2, 0.25) is 11.8 Å². The highest BCUT2D eigenvalue weighted by Crippen LogP contribution is 2.18. The van der Waals surface area contributed by atoms with E-state index in [1.165, 1.54) is 0 Å². The molecule has 0 bridgehead atoms. The summed E-state index contributed by atoms with van der Waals surface area (Å²) in [6.45, 7) is -0.163. The van der Waals surface area contributed by atoms with E-state index in [2.05, 4.69) is 10.6 Å². The first-order valence-electron chi connectivity index (χ1n) is 12.1. The number of ether oxygens (including phenoxy) is 1. The summed E-state index contributed by atoms with van der Waals surface area (Å²) in [4.78, 5) is 38.2. The first kappa shape index (κ1) is 26.2. The molecule has 3 N–H and O–H groups in total. The number of esters is 1. The van der Waals surface area contributed by atoms with E-state index in [0.717, 1.165) is 11.1 Å². The standard InChI is InChI=1S/C28H34N2O5/c31-19-24(17-21-11-5-3-6-12-21)29-26(32)18-23-15-7-1-2-10-16-27(33)35-20-25(30-28(23)34)22-13-8-4-9-14-22/h1,3-9,11-14,23-25,31H,2,10,15-20H2,(H,29,32)(H,30,34)/t23-,24+,25-/m1/s1. The minimum absolute atomic E-state index is 0.0112. The summed E-state index contributed by atoms with van der Waals surface area (Å²) >= 11 is 0. The maximum absolute atomic E-state index is 13.2. The topological polar surface area (TPSA) is 105 Å². The monoisotopic (exact) mass is 478 g/mol. The third kappa shape index (κ3) is 9.02. The molecule has 1 heterocycles. The minimum atomic E-state index is -0.593. The number of aliphatic hydroxyl groups is 1. The number of carbonyl (C=O) groups excluding carboxylic acids is 3. The summed E-state index contributed by atoms with van der Waals surface area (Å²) in [5, 5.41) is 15.6. The summed E-state index contributed by atoms with van der Waals surface area (Å²) < 4.78 is 5.43. The molecular formula is C28H34N2O5. The van der Waals surface area contributed by atoms with Crippen LogP contribution in [0.25, 0.3) is 0 Å². The Kier molecular flexibility index (Phi) is 10.5. The summed E-state index contributed by atoms with van der Waals surface area (Å²) in [5.41, 5.74) is 1.83. The van der Waals surface area contributed by atoms with Gasteiger partial charge in [0, 0.05) is 12.8 Å². The summed E-state index contributed by atoms with van der Waals surface area (Å²) in [6, 6.07) is 18.0. The Morgan fingerprint density at radius 2 is 1.77 bits per heavy atom. The van der Waals surface area contributed by atoms with Gasteiger partial charge in [-0.25, -0.2) is 0 Å². The van der Waals surface area contributed by atoms with Crippen LogP contribution in [-0.2, 0) is 25.5 Å². The molecule has 0 saturated carbocycles. The molecule has 7 heteroatoms. The highest BCUT2D eigenvalue weighted by molar-refractivity contribution is 5.86. The van der Waals surface area contributed by atoms with Gasteiger partial charge in [-0.05, 0) is 36.8 Å². The number of allylic oxidation sites excluding steroid dienone is 2. The van der Waals surface area contributed by atoms with Crippen molar-refractivity contribution >= 4 is 17.8 Å². The van der Waals surface area contributed by atoms with Gasteiger partial charge in [0.05, 0.1) is 24.6 Å². The van der Waals surface area contributed by atoms with Gasteiger partial charge in [-0.15, -0.1) is 0 Å². The maximum Gasteiger partial charge on any atom is 0.305 e. The van der Waals surface area contributed by atoms with Crippen molar-refractivity contribution in [2.24, 2.45) is 5.92 Å². The minimum Gasteiger partial charge on any atom is -0.463 e. The zero-order chi connectivity index (χ0) is 24.9.